The Morgan fingerprint density at radius 3 is 2.67 bits per heavy atom. The molecule has 0 fully saturated rings. The second-order valence-corrected chi connectivity index (χ2v) is 5.85. The molecule has 4 nitrogen and oxygen atoms in total. The molecule has 3 aromatic rings. The van der Waals surface area contributed by atoms with Crippen LogP contribution in [0.1, 0.15) is 15.4 Å². The van der Waals surface area contributed by atoms with Crippen LogP contribution in [0.5, 0.6) is 0 Å². The molecule has 8 heteroatoms. The first-order valence-electron chi connectivity index (χ1n) is 6.80. The quantitative estimate of drug-likeness (QED) is 0.722. The highest BCUT2D eigenvalue weighted by atomic mass is 32.1. The van der Waals surface area contributed by atoms with Crippen LogP contribution >= 0.6 is 11.3 Å². The zero-order valence-corrected chi connectivity index (χ0v) is 13.1. The second kappa shape index (κ2) is 6.40. The van der Waals surface area contributed by atoms with Gasteiger partial charge in [0.2, 0.25) is 0 Å². The van der Waals surface area contributed by atoms with Gasteiger partial charge in [-0.25, -0.2) is 18.2 Å². The molecular formula is C16H10F3N3OS. The van der Waals surface area contributed by atoms with Gasteiger partial charge in [-0.2, -0.15) is 0 Å². The lowest BCUT2D eigenvalue weighted by molar-refractivity contribution is 0.102. The maximum absolute atomic E-state index is 13.7. The molecule has 0 aliphatic carbocycles. The van der Waals surface area contributed by atoms with Crippen molar-refractivity contribution in [1.82, 2.24) is 9.97 Å². The van der Waals surface area contributed by atoms with Crippen molar-refractivity contribution < 1.29 is 18.0 Å². The van der Waals surface area contributed by atoms with E-state index >= 15 is 0 Å². The highest BCUT2D eigenvalue weighted by Gasteiger charge is 2.20. The normalized spacial score (nSPS) is 10.7. The molecule has 0 aliphatic rings. The zero-order chi connectivity index (χ0) is 17.3. The van der Waals surface area contributed by atoms with E-state index in [2.05, 4.69) is 15.3 Å². The molecule has 1 amide bonds. The van der Waals surface area contributed by atoms with E-state index in [0.717, 1.165) is 29.0 Å². The lowest BCUT2D eigenvalue weighted by atomic mass is 10.2. The Hall–Kier alpha value is -2.74. The summed E-state index contributed by atoms with van der Waals surface area (Å²) < 4.78 is 39.8. The largest absolute Gasteiger partial charge is 0.319 e. The molecule has 1 aromatic carbocycles. The molecule has 0 spiro atoms. The van der Waals surface area contributed by atoms with Crippen LogP contribution in [0.3, 0.4) is 0 Å². The first-order chi connectivity index (χ1) is 11.5. The van der Waals surface area contributed by atoms with Gasteiger partial charge >= 0.3 is 0 Å². The molecule has 2 heterocycles. The summed E-state index contributed by atoms with van der Waals surface area (Å²) in [6, 6.07) is 5.24. The Kier molecular flexibility index (Phi) is 4.30. The number of pyridine rings is 1. The van der Waals surface area contributed by atoms with Gasteiger partial charge in [0.25, 0.3) is 5.91 Å². The molecule has 0 bridgehead atoms. The fraction of sp³-hybridized carbons (Fsp3) is 0.0625. The third kappa shape index (κ3) is 3.00. The smallest absolute Gasteiger partial charge is 0.267 e. The molecule has 0 radical (unpaired) electrons. The number of aromatic nitrogens is 2. The molecule has 0 aliphatic heterocycles. The highest BCUT2D eigenvalue weighted by Crippen LogP contribution is 2.28. The van der Waals surface area contributed by atoms with Crippen molar-refractivity contribution in [1.29, 1.82) is 0 Å². The van der Waals surface area contributed by atoms with Gasteiger partial charge in [-0.3, -0.25) is 9.78 Å². The molecule has 0 saturated heterocycles. The van der Waals surface area contributed by atoms with Crippen molar-refractivity contribution in [3.63, 3.8) is 0 Å². The Labute approximate surface area is 139 Å². The van der Waals surface area contributed by atoms with Crippen LogP contribution in [0.2, 0.25) is 0 Å². The topological polar surface area (TPSA) is 54.9 Å². The van der Waals surface area contributed by atoms with Gasteiger partial charge < -0.3 is 5.32 Å². The molecule has 1 N–H and O–H groups in total. The SMILES string of the molecule is Cc1nc(-c2cccnc2)sc1C(=O)Nc1ccc(F)c(F)c1F. The van der Waals surface area contributed by atoms with Crippen LogP contribution in [0.15, 0.2) is 36.7 Å². The molecule has 122 valence electrons. The maximum atomic E-state index is 13.7. The lowest BCUT2D eigenvalue weighted by Gasteiger charge is -2.06. The van der Waals surface area contributed by atoms with Crippen molar-refractivity contribution in [2.24, 2.45) is 0 Å². The molecule has 0 saturated carbocycles. The van der Waals surface area contributed by atoms with Crippen LogP contribution in [-0.4, -0.2) is 15.9 Å². The van der Waals surface area contributed by atoms with Crippen molar-refractivity contribution in [3.8, 4) is 10.6 Å². The van der Waals surface area contributed by atoms with E-state index < -0.39 is 29.0 Å². The number of carbonyl (C=O) groups excluding carboxylic acids is 1. The van der Waals surface area contributed by atoms with Crippen LogP contribution in [0, 0.1) is 24.4 Å². The highest BCUT2D eigenvalue weighted by molar-refractivity contribution is 7.17. The van der Waals surface area contributed by atoms with Crippen LogP contribution < -0.4 is 5.32 Å². The van der Waals surface area contributed by atoms with Crippen LogP contribution in [0.25, 0.3) is 10.6 Å². The van der Waals surface area contributed by atoms with E-state index in [4.69, 9.17) is 0 Å². The van der Waals surface area contributed by atoms with Gasteiger partial charge in [-0.15, -0.1) is 11.3 Å². The van der Waals surface area contributed by atoms with E-state index in [9.17, 15) is 18.0 Å². The van der Waals surface area contributed by atoms with Crippen LogP contribution in [0.4, 0.5) is 18.9 Å². The zero-order valence-electron chi connectivity index (χ0n) is 12.3. The number of halogens is 3. The minimum Gasteiger partial charge on any atom is -0.319 e. The third-order valence-electron chi connectivity index (χ3n) is 3.19. The number of amides is 1. The van der Waals surface area contributed by atoms with Gasteiger partial charge in [-0.05, 0) is 31.2 Å². The fourth-order valence-electron chi connectivity index (χ4n) is 2.02. The van der Waals surface area contributed by atoms with E-state index in [-0.39, 0.29) is 4.88 Å². The van der Waals surface area contributed by atoms with Gasteiger partial charge in [-0.1, -0.05) is 0 Å². The van der Waals surface area contributed by atoms with Crippen molar-refractivity contribution in [2.45, 2.75) is 6.92 Å². The molecule has 0 atom stereocenters. The number of hydrogen-bond acceptors (Lipinski definition) is 4. The number of nitrogens with zero attached hydrogens (tertiary/aromatic N) is 2. The molecule has 0 unspecified atom stereocenters. The summed E-state index contributed by atoms with van der Waals surface area (Å²) in [4.78, 5) is 20.8. The summed E-state index contributed by atoms with van der Waals surface area (Å²) >= 11 is 1.10. The minimum atomic E-state index is -1.63. The first kappa shape index (κ1) is 16.1. The number of aryl methyl sites for hydroxylation is 1. The number of benzene rings is 1. The summed E-state index contributed by atoms with van der Waals surface area (Å²) in [6.07, 6.45) is 3.22. The van der Waals surface area contributed by atoms with Crippen LogP contribution in [-0.2, 0) is 0 Å². The van der Waals surface area contributed by atoms with Crippen molar-refractivity contribution in [3.05, 3.63) is 64.7 Å². The average Bonchev–Trinajstić information content (AvgIpc) is 2.98. The van der Waals surface area contributed by atoms with E-state index in [1.54, 1.807) is 31.5 Å². The van der Waals surface area contributed by atoms with E-state index in [1.165, 1.54) is 0 Å². The van der Waals surface area contributed by atoms with Gasteiger partial charge in [0.1, 0.15) is 9.88 Å². The summed E-state index contributed by atoms with van der Waals surface area (Å²) in [5, 5.41) is 2.81. The third-order valence-corrected chi connectivity index (χ3v) is 4.40. The number of anilines is 1. The Bertz CT molecular complexity index is 912. The lowest BCUT2D eigenvalue weighted by Crippen LogP contribution is -2.13. The molecule has 2 aromatic heterocycles. The number of carbonyl (C=O) groups is 1. The predicted molar refractivity (Wildman–Crippen MR) is 84.4 cm³/mol. The fourth-order valence-corrected chi connectivity index (χ4v) is 2.97. The second-order valence-electron chi connectivity index (χ2n) is 4.85. The summed E-state index contributed by atoms with van der Waals surface area (Å²) in [5.74, 6) is -5.05. The van der Waals surface area contributed by atoms with Crippen molar-refractivity contribution >= 4 is 22.9 Å². The number of hydrogen-bond donors (Lipinski definition) is 1. The summed E-state index contributed by atoms with van der Waals surface area (Å²) in [6.45, 7) is 1.63. The summed E-state index contributed by atoms with van der Waals surface area (Å²) in [7, 11) is 0. The first-order valence-corrected chi connectivity index (χ1v) is 7.61. The Morgan fingerprint density at radius 1 is 1.17 bits per heavy atom. The molecule has 24 heavy (non-hydrogen) atoms. The number of thiazole rings is 1. The average molecular weight is 349 g/mol. The minimum absolute atomic E-state index is 0.248. The molecular weight excluding hydrogens is 339 g/mol. The van der Waals surface area contributed by atoms with Gasteiger partial charge in [0.15, 0.2) is 17.5 Å². The molecule has 3 rings (SSSR count). The summed E-state index contributed by atoms with van der Waals surface area (Å²) in [5.41, 5.74) is 0.748. The monoisotopic (exact) mass is 349 g/mol. The predicted octanol–water partition coefficient (Wildman–Crippen LogP) is 4.18. The number of nitrogens with one attached hydrogen (secondary N) is 1. The Balaban J connectivity index is 1.89. The van der Waals surface area contributed by atoms with E-state index in [0.29, 0.717) is 10.7 Å². The Morgan fingerprint density at radius 2 is 1.96 bits per heavy atom. The standard InChI is InChI=1S/C16H10F3N3OS/c1-8-14(24-16(21-8)9-3-2-6-20-7-9)15(23)22-11-5-4-10(17)12(18)13(11)19/h2-7H,1H3,(H,22,23). The van der Waals surface area contributed by atoms with E-state index in [1.807, 2.05) is 0 Å². The number of rotatable bonds is 3. The van der Waals surface area contributed by atoms with Gasteiger partial charge in [0.05, 0.1) is 11.4 Å². The van der Waals surface area contributed by atoms with Gasteiger partial charge in [0, 0.05) is 18.0 Å². The van der Waals surface area contributed by atoms with Crippen molar-refractivity contribution in [2.75, 3.05) is 5.32 Å². The maximum Gasteiger partial charge on any atom is 0.267 e.